The number of carbonyl (C=O) groups is 3. The minimum Gasteiger partial charge on any atom is -0.391 e. The molecule has 10 heteroatoms. The average molecular weight is 614 g/mol. The van der Waals surface area contributed by atoms with Crippen molar-refractivity contribution in [3.05, 3.63) is 41.0 Å². The monoisotopic (exact) mass is 613 g/mol. The van der Waals surface area contributed by atoms with Gasteiger partial charge in [-0.2, -0.15) is 0 Å². The van der Waals surface area contributed by atoms with Gasteiger partial charge in [-0.05, 0) is 42.9 Å². The van der Waals surface area contributed by atoms with Crippen LogP contribution >= 0.6 is 11.3 Å². The molecular weight excluding hydrogens is 562 g/mol. The Morgan fingerprint density at radius 2 is 1.67 bits per heavy atom. The van der Waals surface area contributed by atoms with E-state index in [-0.39, 0.29) is 30.7 Å². The molecule has 3 amide bonds. The molecule has 0 bridgehead atoms. The highest BCUT2D eigenvalue weighted by Gasteiger charge is 2.44. The van der Waals surface area contributed by atoms with E-state index in [0.29, 0.717) is 13.0 Å². The molecule has 0 radical (unpaired) electrons. The number of nitrogens with two attached hydrogens (primary N) is 1. The van der Waals surface area contributed by atoms with Crippen LogP contribution in [-0.2, 0) is 20.9 Å². The molecule has 0 saturated carbocycles. The summed E-state index contributed by atoms with van der Waals surface area (Å²) in [5.41, 5.74) is 9.80. The number of aryl methyl sites for hydroxylation is 1. The fourth-order valence-corrected chi connectivity index (χ4v) is 6.32. The number of hydrogen-bond donors (Lipinski definition) is 4. The zero-order valence-electron chi connectivity index (χ0n) is 26.4. The molecule has 238 valence electrons. The van der Waals surface area contributed by atoms with Gasteiger partial charge in [0.05, 0.1) is 22.2 Å². The molecule has 1 aromatic carbocycles. The van der Waals surface area contributed by atoms with Crippen LogP contribution < -0.4 is 16.4 Å². The van der Waals surface area contributed by atoms with Crippen LogP contribution in [0.2, 0.25) is 0 Å². The number of aliphatic hydroxyl groups is 1. The highest BCUT2D eigenvalue weighted by molar-refractivity contribution is 7.13. The number of aliphatic hydroxyl groups excluding tert-OH is 1. The van der Waals surface area contributed by atoms with Crippen molar-refractivity contribution in [2.45, 2.75) is 117 Å². The van der Waals surface area contributed by atoms with Crippen molar-refractivity contribution in [1.29, 1.82) is 0 Å². The highest BCUT2D eigenvalue weighted by atomic mass is 32.1. The summed E-state index contributed by atoms with van der Waals surface area (Å²) in [6.45, 7) is 8.81. The highest BCUT2D eigenvalue weighted by Crippen LogP contribution is 2.28. The number of aromatic nitrogens is 1. The van der Waals surface area contributed by atoms with Crippen molar-refractivity contribution in [2.75, 3.05) is 13.1 Å². The third-order valence-corrected chi connectivity index (χ3v) is 9.05. The first kappa shape index (κ1) is 34.7. The molecule has 3 rings (SSSR count). The van der Waals surface area contributed by atoms with E-state index in [4.69, 9.17) is 5.73 Å². The Balaban J connectivity index is 1.52. The number of benzene rings is 1. The lowest BCUT2D eigenvalue weighted by molar-refractivity contribution is -0.144. The van der Waals surface area contributed by atoms with Crippen molar-refractivity contribution in [2.24, 2.45) is 11.1 Å². The van der Waals surface area contributed by atoms with Crippen molar-refractivity contribution in [1.82, 2.24) is 20.5 Å². The number of unbranched alkanes of at least 4 members (excludes halogenated alkanes) is 7. The van der Waals surface area contributed by atoms with E-state index in [9.17, 15) is 19.5 Å². The summed E-state index contributed by atoms with van der Waals surface area (Å²) in [6, 6.07) is 6.36. The summed E-state index contributed by atoms with van der Waals surface area (Å²) in [5.74, 6) is -0.803. The minimum atomic E-state index is -0.800. The second kappa shape index (κ2) is 16.9. The van der Waals surface area contributed by atoms with Crippen LogP contribution in [0.25, 0.3) is 10.4 Å². The molecular formula is C33H51N5O4S. The lowest BCUT2D eigenvalue weighted by atomic mass is 9.85. The lowest BCUT2D eigenvalue weighted by Crippen LogP contribution is -2.57. The second-order valence-electron chi connectivity index (χ2n) is 12.8. The zero-order chi connectivity index (χ0) is 31.4. The second-order valence-corrected chi connectivity index (χ2v) is 13.7. The number of amides is 3. The zero-order valence-corrected chi connectivity index (χ0v) is 27.2. The third kappa shape index (κ3) is 10.7. The van der Waals surface area contributed by atoms with Gasteiger partial charge in [-0.15, -0.1) is 11.3 Å². The molecule has 1 aromatic heterocycles. The van der Waals surface area contributed by atoms with Crippen LogP contribution in [0.3, 0.4) is 0 Å². The molecule has 1 fully saturated rings. The first-order valence-electron chi connectivity index (χ1n) is 15.8. The first-order chi connectivity index (χ1) is 20.5. The predicted molar refractivity (Wildman–Crippen MR) is 172 cm³/mol. The maximum absolute atomic E-state index is 13.8. The Labute approximate surface area is 261 Å². The van der Waals surface area contributed by atoms with Gasteiger partial charge in [0.2, 0.25) is 17.7 Å². The Kier molecular flexibility index (Phi) is 13.6. The SMILES string of the molecule is Cc1ncsc1-c1ccc(CNC(=O)C2C[C@@H](O)CN2C(=O)C(NC(=O)CCCCCCCCCCN)C(C)(C)C)cc1. The molecule has 1 aliphatic rings. The number of hydrogen-bond acceptors (Lipinski definition) is 7. The van der Waals surface area contributed by atoms with E-state index in [1.54, 1.807) is 11.3 Å². The fraction of sp³-hybridized carbons (Fsp3) is 0.636. The average Bonchev–Trinajstić information content (AvgIpc) is 3.58. The van der Waals surface area contributed by atoms with Crippen LogP contribution in [0.15, 0.2) is 29.8 Å². The quantitative estimate of drug-likeness (QED) is 0.203. The summed E-state index contributed by atoms with van der Waals surface area (Å²) in [7, 11) is 0. The van der Waals surface area contributed by atoms with Crippen LogP contribution in [0, 0.1) is 12.3 Å². The number of β-amino-alcohol motifs (C(OH)–C–C–N with tert-alkyl or cyclic N) is 1. The van der Waals surface area contributed by atoms with Crippen molar-refractivity contribution < 1.29 is 19.5 Å². The van der Waals surface area contributed by atoms with Gasteiger partial charge in [0, 0.05) is 25.9 Å². The molecule has 3 atom stereocenters. The number of likely N-dealkylation sites (tertiary alicyclic amines) is 1. The summed E-state index contributed by atoms with van der Waals surface area (Å²) in [4.78, 5) is 46.8. The van der Waals surface area contributed by atoms with Crippen molar-refractivity contribution >= 4 is 29.1 Å². The largest absolute Gasteiger partial charge is 0.391 e. The lowest BCUT2D eigenvalue weighted by Gasteiger charge is -2.35. The molecule has 0 aliphatic carbocycles. The maximum atomic E-state index is 13.8. The first-order valence-corrected chi connectivity index (χ1v) is 16.6. The Bertz CT molecular complexity index is 1180. The summed E-state index contributed by atoms with van der Waals surface area (Å²) in [5, 5.41) is 16.3. The van der Waals surface area contributed by atoms with Crippen molar-refractivity contribution in [3.8, 4) is 10.4 Å². The Hall–Kier alpha value is -2.82. The summed E-state index contributed by atoms with van der Waals surface area (Å²) >= 11 is 1.59. The van der Waals surface area contributed by atoms with Gasteiger partial charge in [0.25, 0.3) is 0 Å². The number of nitrogens with zero attached hydrogens (tertiary/aromatic N) is 2. The van der Waals surface area contributed by atoms with Crippen molar-refractivity contribution in [3.63, 3.8) is 0 Å². The number of nitrogens with one attached hydrogen (secondary N) is 2. The van der Waals surface area contributed by atoms with E-state index >= 15 is 0 Å². The predicted octanol–water partition coefficient (Wildman–Crippen LogP) is 4.70. The van der Waals surface area contributed by atoms with Gasteiger partial charge in [-0.3, -0.25) is 14.4 Å². The summed E-state index contributed by atoms with van der Waals surface area (Å²) in [6.07, 6.45) is 8.40. The molecule has 1 aliphatic heterocycles. The minimum absolute atomic E-state index is 0.0630. The molecule has 9 nitrogen and oxygen atoms in total. The smallest absolute Gasteiger partial charge is 0.246 e. The topological polar surface area (TPSA) is 138 Å². The van der Waals surface area contributed by atoms with Gasteiger partial charge in [0.15, 0.2) is 0 Å². The molecule has 2 aromatic rings. The van der Waals surface area contributed by atoms with E-state index < -0.39 is 23.6 Å². The van der Waals surface area contributed by atoms with Crippen LogP contribution in [0.4, 0.5) is 0 Å². The molecule has 43 heavy (non-hydrogen) atoms. The maximum Gasteiger partial charge on any atom is 0.246 e. The Morgan fingerprint density at radius 3 is 2.26 bits per heavy atom. The van der Waals surface area contributed by atoms with Crippen LogP contribution in [0.1, 0.15) is 96.2 Å². The summed E-state index contributed by atoms with van der Waals surface area (Å²) < 4.78 is 0. The van der Waals surface area contributed by atoms with Gasteiger partial charge < -0.3 is 26.4 Å². The molecule has 2 heterocycles. The number of carbonyl (C=O) groups excluding carboxylic acids is 3. The Morgan fingerprint density at radius 1 is 1.05 bits per heavy atom. The molecule has 5 N–H and O–H groups in total. The number of rotatable bonds is 16. The third-order valence-electron chi connectivity index (χ3n) is 8.07. The van der Waals surface area contributed by atoms with Gasteiger partial charge in [-0.1, -0.05) is 83.6 Å². The van der Waals surface area contributed by atoms with Crippen LogP contribution in [0.5, 0.6) is 0 Å². The van der Waals surface area contributed by atoms with E-state index in [0.717, 1.165) is 60.3 Å². The fourth-order valence-electron chi connectivity index (χ4n) is 5.50. The van der Waals surface area contributed by atoms with Gasteiger partial charge in [-0.25, -0.2) is 4.98 Å². The standard InChI is InChI=1S/C33H51N5O4S/c1-23-29(43-22-36-23)25-16-14-24(15-17-25)20-35-31(41)27-19-26(39)21-38(27)32(42)30(33(2,3)4)37-28(40)13-11-9-7-5-6-8-10-12-18-34/h14-17,22,26-27,30,39H,5-13,18-21,34H2,1-4H3,(H,35,41)(H,37,40)/t26-,27?,30?/m1/s1. The van der Waals surface area contributed by atoms with Gasteiger partial charge in [0.1, 0.15) is 12.1 Å². The van der Waals surface area contributed by atoms with E-state index in [1.165, 1.54) is 24.2 Å². The number of thiazole rings is 1. The van der Waals surface area contributed by atoms with E-state index in [1.807, 2.05) is 57.5 Å². The van der Waals surface area contributed by atoms with Gasteiger partial charge >= 0.3 is 0 Å². The molecule has 0 spiro atoms. The molecule has 2 unspecified atom stereocenters. The van der Waals surface area contributed by atoms with Crippen LogP contribution in [-0.4, -0.2) is 64.0 Å². The van der Waals surface area contributed by atoms with E-state index in [2.05, 4.69) is 15.6 Å². The normalized spacial score (nSPS) is 17.6. The molecule has 1 saturated heterocycles.